The summed E-state index contributed by atoms with van der Waals surface area (Å²) in [7, 11) is -1.35. The van der Waals surface area contributed by atoms with Gasteiger partial charge in [-0.3, -0.25) is 14.3 Å². The first-order valence-electron chi connectivity index (χ1n) is 11.3. The molecule has 9 heteroatoms. The normalized spacial score (nSPS) is 19.0. The summed E-state index contributed by atoms with van der Waals surface area (Å²) < 4.78 is 30.9. The Morgan fingerprint density at radius 3 is 2.56 bits per heavy atom. The Balaban J connectivity index is 1.69. The zero-order chi connectivity index (χ0) is 23.3. The second-order valence-electron chi connectivity index (χ2n) is 8.55. The predicted octanol–water partition coefficient (Wildman–Crippen LogP) is 3.12. The molecule has 0 unspecified atom stereocenters. The fraction of sp³-hybridized carbons (Fsp3) is 0.609. The van der Waals surface area contributed by atoms with Crippen LogP contribution in [0.5, 0.6) is 5.75 Å². The number of carbonyl (C=O) groups excluding carboxylic acids is 1. The van der Waals surface area contributed by atoms with E-state index in [1.165, 1.54) is 6.26 Å². The van der Waals surface area contributed by atoms with E-state index < -0.39 is 9.84 Å². The number of amides is 1. The van der Waals surface area contributed by atoms with Gasteiger partial charge in [0.15, 0.2) is 0 Å². The van der Waals surface area contributed by atoms with Crippen molar-refractivity contribution in [2.75, 3.05) is 19.9 Å². The average Bonchev–Trinajstić information content (AvgIpc) is 3.21. The van der Waals surface area contributed by atoms with Crippen LogP contribution in [0.2, 0.25) is 0 Å². The van der Waals surface area contributed by atoms with Gasteiger partial charge in [0.05, 0.1) is 18.6 Å². The summed E-state index contributed by atoms with van der Waals surface area (Å²) in [5, 5.41) is 2.74. The molecule has 1 fully saturated rings. The number of hydrogen-bond acceptors (Lipinski definition) is 6. The zero-order valence-corrected chi connectivity index (χ0v) is 20.2. The highest BCUT2D eigenvalue weighted by molar-refractivity contribution is 7.91. The Morgan fingerprint density at radius 2 is 1.97 bits per heavy atom. The summed E-state index contributed by atoms with van der Waals surface area (Å²) in [6.45, 7) is 4.63. The van der Waals surface area contributed by atoms with E-state index in [9.17, 15) is 13.2 Å². The summed E-state index contributed by atoms with van der Waals surface area (Å²) in [5.41, 5.74) is 2.08. The van der Waals surface area contributed by atoms with Crippen molar-refractivity contribution < 1.29 is 17.9 Å². The van der Waals surface area contributed by atoms with Gasteiger partial charge in [0.1, 0.15) is 32.8 Å². The molecule has 0 spiro atoms. The number of imidazole rings is 1. The smallest absolute Gasteiger partial charge is 0.271 e. The minimum absolute atomic E-state index is 0.224. The van der Waals surface area contributed by atoms with Gasteiger partial charge < -0.3 is 10.1 Å². The van der Waals surface area contributed by atoms with Crippen LogP contribution in [0.3, 0.4) is 0 Å². The third-order valence-corrected chi connectivity index (χ3v) is 7.85. The third-order valence-electron chi connectivity index (χ3n) is 6.17. The molecule has 0 aliphatic heterocycles. The summed E-state index contributed by atoms with van der Waals surface area (Å²) in [6, 6.07) is 1.94. The maximum atomic E-state index is 12.8. The Labute approximate surface area is 190 Å². The van der Waals surface area contributed by atoms with E-state index in [1.54, 1.807) is 19.5 Å². The highest BCUT2D eigenvalue weighted by Crippen LogP contribution is 2.28. The summed E-state index contributed by atoms with van der Waals surface area (Å²) in [6.07, 6.45) is 10.3. The van der Waals surface area contributed by atoms with Crippen molar-refractivity contribution in [3.63, 3.8) is 0 Å². The van der Waals surface area contributed by atoms with Gasteiger partial charge in [-0.05, 0) is 38.0 Å². The number of nitrogens with one attached hydrogen (secondary N) is 1. The SMILES string of the molecule is CCCc1cc(OC)c(-n2cc(C(=O)NCC3CCC(S(C)(=O)=O)CC3)nc2CC)cn1. The number of aryl methyl sites for hydroxylation is 2. The van der Waals surface area contributed by atoms with Crippen LogP contribution >= 0.6 is 0 Å². The lowest BCUT2D eigenvalue weighted by atomic mass is 9.89. The van der Waals surface area contributed by atoms with Crippen LogP contribution in [0.15, 0.2) is 18.5 Å². The highest BCUT2D eigenvalue weighted by Gasteiger charge is 2.28. The Bertz CT molecular complexity index is 1040. The molecule has 2 heterocycles. The van der Waals surface area contributed by atoms with E-state index in [1.807, 2.05) is 17.6 Å². The van der Waals surface area contributed by atoms with Crippen molar-refractivity contribution >= 4 is 15.7 Å². The molecule has 1 saturated carbocycles. The van der Waals surface area contributed by atoms with Crippen LogP contribution < -0.4 is 10.1 Å². The van der Waals surface area contributed by atoms with Gasteiger partial charge in [0.2, 0.25) is 0 Å². The average molecular weight is 463 g/mol. The molecule has 0 bridgehead atoms. The van der Waals surface area contributed by atoms with Gasteiger partial charge in [-0.25, -0.2) is 13.4 Å². The quantitative estimate of drug-likeness (QED) is 0.614. The molecule has 0 saturated heterocycles. The Morgan fingerprint density at radius 1 is 1.25 bits per heavy atom. The Hall–Kier alpha value is -2.42. The maximum absolute atomic E-state index is 12.8. The van der Waals surface area contributed by atoms with E-state index in [2.05, 4.69) is 22.2 Å². The molecule has 1 aliphatic carbocycles. The van der Waals surface area contributed by atoms with Crippen LogP contribution in [0.25, 0.3) is 5.69 Å². The fourth-order valence-corrected chi connectivity index (χ4v) is 5.41. The Kier molecular flexibility index (Phi) is 7.92. The number of hydrogen-bond donors (Lipinski definition) is 1. The predicted molar refractivity (Wildman–Crippen MR) is 124 cm³/mol. The van der Waals surface area contributed by atoms with Gasteiger partial charge in [-0.15, -0.1) is 0 Å². The molecule has 0 aromatic carbocycles. The van der Waals surface area contributed by atoms with Crippen LogP contribution in [0.4, 0.5) is 0 Å². The molecule has 2 aromatic heterocycles. The van der Waals surface area contributed by atoms with E-state index in [-0.39, 0.29) is 11.2 Å². The molecule has 1 N–H and O–H groups in total. The van der Waals surface area contributed by atoms with E-state index >= 15 is 0 Å². The van der Waals surface area contributed by atoms with Gasteiger partial charge >= 0.3 is 0 Å². The summed E-state index contributed by atoms with van der Waals surface area (Å²) in [4.78, 5) is 21.9. The number of carbonyl (C=O) groups is 1. The molecule has 32 heavy (non-hydrogen) atoms. The molecule has 3 rings (SSSR count). The van der Waals surface area contributed by atoms with Gasteiger partial charge in [-0.2, -0.15) is 0 Å². The molecule has 1 aliphatic rings. The number of pyridine rings is 1. The standard InChI is InChI=1S/C23H34N4O4S/c1-5-7-17-12-21(31-3)20(14-24-17)27-15-19(26-22(27)6-2)23(28)25-13-16-8-10-18(11-9-16)32(4,29)30/h12,14-16,18H,5-11,13H2,1-4H3,(H,25,28). The molecular formula is C23H34N4O4S. The highest BCUT2D eigenvalue weighted by atomic mass is 32.2. The minimum Gasteiger partial charge on any atom is -0.494 e. The lowest BCUT2D eigenvalue weighted by Gasteiger charge is -2.27. The van der Waals surface area contributed by atoms with Crippen molar-refractivity contribution in [3.8, 4) is 11.4 Å². The van der Waals surface area contributed by atoms with Gasteiger partial charge in [0.25, 0.3) is 5.91 Å². The van der Waals surface area contributed by atoms with Gasteiger partial charge in [-0.1, -0.05) is 20.3 Å². The van der Waals surface area contributed by atoms with Crippen LogP contribution in [0.1, 0.15) is 68.0 Å². The summed E-state index contributed by atoms with van der Waals surface area (Å²) in [5.74, 6) is 1.52. The first-order chi connectivity index (χ1) is 15.3. The second kappa shape index (κ2) is 10.5. The monoisotopic (exact) mass is 462 g/mol. The molecule has 2 aromatic rings. The van der Waals surface area contributed by atoms with Crippen molar-refractivity contribution in [1.82, 2.24) is 19.9 Å². The number of aromatic nitrogens is 3. The van der Waals surface area contributed by atoms with Crippen LogP contribution in [0, 0.1) is 5.92 Å². The van der Waals surface area contributed by atoms with Crippen molar-refractivity contribution in [1.29, 1.82) is 0 Å². The first kappa shape index (κ1) is 24.2. The first-order valence-corrected chi connectivity index (χ1v) is 13.3. The fourth-order valence-electron chi connectivity index (χ4n) is 4.29. The van der Waals surface area contributed by atoms with E-state index in [0.29, 0.717) is 43.2 Å². The number of rotatable bonds is 9. The number of nitrogens with zero attached hydrogens (tertiary/aromatic N) is 3. The van der Waals surface area contributed by atoms with Gasteiger partial charge in [0, 0.05) is 37.2 Å². The lowest BCUT2D eigenvalue weighted by molar-refractivity contribution is 0.0939. The van der Waals surface area contributed by atoms with Crippen molar-refractivity contribution in [3.05, 3.63) is 35.7 Å². The van der Waals surface area contributed by atoms with Crippen LogP contribution in [-0.4, -0.2) is 54.0 Å². The molecule has 0 radical (unpaired) electrons. The molecule has 176 valence electrons. The molecule has 0 atom stereocenters. The summed E-state index contributed by atoms with van der Waals surface area (Å²) >= 11 is 0. The minimum atomic E-state index is -2.98. The third kappa shape index (κ3) is 5.68. The van der Waals surface area contributed by atoms with E-state index in [4.69, 9.17) is 4.74 Å². The largest absolute Gasteiger partial charge is 0.494 e. The molecule has 8 nitrogen and oxygen atoms in total. The van der Waals surface area contributed by atoms with Crippen molar-refractivity contribution in [2.45, 2.75) is 64.0 Å². The second-order valence-corrected chi connectivity index (χ2v) is 10.9. The number of methoxy groups -OCH3 is 1. The maximum Gasteiger partial charge on any atom is 0.271 e. The number of ether oxygens (including phenoxy) is 1. The molecule has 1 amide bonds. The van der Waals surface area contributed by atoms with Crippen LogP contribution in [-0.2, 0) is 22.7 Å². The zero-order valence-electron chi connectivity index (χ0n) is 19.4. The topological polar surface area (TPSA) is 103 Å². The van der Waals surface area contributed by atoms with Crippen molar-refractivity contribution in [2.24, 2.45) is 5.92 Å². The number of sulfone groups is 1. The van der Waals surface area contributed by atoms with E-state index in [0.717, 1.165) is 42.9 Å². The lowest BCUT2D eigenvalue weighted by Crippen LogP contribution is -2.34. The molecular weight excluding hydrogens is 428 g/mol.